The van der Waals surface area contributed by atoms with E-state index in [9.17, 15) is 23.8 Å². The van der Waals surface area contributed by atoms with Crippen molar-refractivity contribution in [3.8, 4) is 0 Å². The molecule has 0 radical (unpaired) electrons. The molecule has 1 aliphatic rings. The van der Waals surface area contributed by atoms with Gasteiger partial charge < -0.3 is 23.8 Å². The lowest BCUT2D eigenvalue weighted by Crippen LogP contribution is -2.20. The Hall–Kier alpha value is -1.56. The fourth-order valence-electron chi connectivity index (χ4n) is 6.21. The lowest BCUT2D eigenvalue weighted by molar-refractivity contribution is -0.339. The molecule has 0 N–H and O–H groups in total. The fraction of sp³-hybridized carbons (Fsp3) is 0.650. The topological polar surface area (TPSA) is 122 Å². The summed E-state index contributed by atoms with van der Waals surface area (Å²) in [5.41, 5.74) is 9.26. The van der Waals surface area contributed by atoms with Gasteiger partial charge in [0.05, 0.1) is 14.4 Å². The molecule has 4 atom stereocenters. The summed E-state index contributed by atoms with van der Waals surface area (Å²) in [6.45, 7) is 21.2. The molecule has 0 saturated heterocycles. The first-order valence-corrected chi connectivity index (χ1v) is 20.9. The molecule has 0 amide bonds. The zero-order valence-corrected chi connectivity index (χ0v) is 33.9. The van der Waals surface area contributed by atoms with E-state index in [2.05, 4.69) is 116 Å². The number of rotatable bonds is 24. The molecular formula is C40H65O7P2-3. The van der Waals surface area contributed by atoms with Gasteiger partial charge in [0, 0.05) is 0 Å². The molecule has 1 unspecified atom stereocenters. The highest BCUT2D eigenvalue weighted by molar-refractivity contribution is 7.58. The van der Waals surface area contributed by atoms with Gasteiger partial charge in [0.1, 0.15) is 0 Å². The zero-order valence-electron chi connectivity index (χ0n) is 32.1. The maximum Gasteiger partial charge on any atom is 0.271 e. The minimum Gasteiger partial charge on any atom is -0.790 e. The van der Waals surface area contributed by atoms with Crippen molar-refractivity contribution in [3.63, 3.8) is 0 Å². The Morgan fingerprint density at radius 2 is 0.959 bits per heavy atom. The van der Waals surface area contributed by atoms with E-state index in [0.717, 1.165) is 77.0 Å². The Kier molecular flexibility index (Phi) is 20.8. The molecule has 7 nitrogen and oxygen atoms in total. The van der Waals surface area contributed by atoms with Gasteiger partial charge in [-0.25, -0.2) is 0 Å². The Morgan fingerprint density at radius 1 is 0.592 bits per heavy atom. The number of phosphoric ester groups is 1. The number of allylic oxidation sites excluding steroid dienone is 14. The van der Waals surface area contributed by atoms with Crippen LogP contribution in [0.1, 0.15) is 146 Å². The van der Waals surface area contributed by atoms with Crippen LogP contribution in [-0.2, 0) is 18.0 Å². The van der Waals surface area contributed by atoms with E-state index in [4.69, 9.17) is 4.52 Å². The molecule has 1 fully saturated rings. The summed E-state index contributed by atoms with van der Waals surface area (Å²) in [7, 11) is -11.0. The molecule has 280 valence electrons. The van der Waals surface area contributed by atoms with Gasteiger partial charge in [-0.1, -0.05) is 88.5 Å². The summed E-state index contributed by atoms with van der Waals surface area (Å²) < 4.78 is 31.5. The third-order valence-corrected chi connectivity index (χ3v) is 11.5. The van der Waals surface area contributed by atoms with E-state index < -0.39 is 15.6 Å². The lowest BCUT2D eigenvalue weighted by Gasteiger charge is -2.35. The van der Waals surface area contributed by atoms with Crippen LogP contribution in [0.4, 0.5) is 0 Å². The number of hydrogen-bond donors (Lipinski definition) is 0. The molecule has 0 spiro atoms. The first-order chi connectivity index (χ1) is 22.7. The molecule has 0 heterocycles. The Balaban J connectivity index is 2.80. The summed E-state index contributed by atoms with van der Waals surface area (Å²) >= 11 is 0. The first-order valence-electron chi connectivity index (χ1n) is 18.0. The van der Waals surface area contributed by atoms with E-state index in [1.165, 1.54) is 39.0 Å². The maximum atomic E-state index is 12.0. The second kappa shape index (κ2) is 22.4. The minimum absolute atomic E-state index is 0.0726. The van der Waals surface area contributed by atoms with Gasteiger partial charge in [-0.15, -0.1) is 0 Å². The van der Waals surface area contributed by atoms with Crippen molar-refractivity contribution >= 4 is 15.6 Å². The minimum atomic E-state index is -5.73. The normalized spacial score (nSPS) is 22.2. The van der Waals surface area contributed by atoms with Gasteiger partial charge >= 0.3 is 0 Å². The molecule has 0 aromatic rings. The second-order valence-electron chi connectivity index (χ2n) is 14.9. The van der Waals surface area contributed by atoms with Crippen LogP contribution in [0.2, 0.25) is 0 Å². The van der Waals surface area contributed by atoms with Gasteiger partial charge in [0.15, 0.2) is 0 Å². The van der Waals surface area contributed by atoms with E-state index >= 15 is 0 Å². The molecule has 0 aliphatic heterocycles. The third-order valence-electron chi connectivity index (χ3n) is 9.46. The van der Waals surface area contributed by atoms with E-state index in [1.807, 2.05) is 0 Å². The highest BCUT2D eigenvalue weighted by Gasteiger charge is 2.59. The van der Waals surface area contributed by atoms with Crippen molar-refractivity contribution in [2.45, 2.75) is 146 Å². The number of phosphoric acid groups is 2. The van der Waals surface area contributed by atoms with Crippen molar-refractivity contribution in [1.29, 1.82) is 0 Å². The summed E-state index contributed by atoms with van der Waals surface area (Å²) in [6.07, 6.45) is 27.9. The van der Waals surface area contributed by atoms with Crippen LogP contribution in [0, 0.1) is 17.3 Å². The van der Waals surface area contributed by atoms with Crippen LogP contribution in [-0.4, -0.2) is 6.61 Å². The Labute approximate surface area is 299 Å². The Morgan fingerprint density at radius 3 is 1.35 bits per heavy atom. The van der Waals surface area contributed by atoms with Crippen molar-refractivity contribution < 1.29 is 32.6 Å². The largest absolute Gasteiger partial charge is 0.790 e. The second-order valence-corrected chi connectivity index (χ2v) is 17.6. The summed E-state index contributed by atoms with van der Waals surface area (Å²) in [5, 5.41) is 0. The van der Waals surface area contributed by atoms with Gasteiger partial charge in [-0.05, 0) is 157 Å². The third kappa shape index (κ3) is 21.4. The van der Waals surface area contributed by atoms with Crippen LogP contribution in [0.5, 0.6) is 0 Å². The average Bonchev–Trinajstić information content (AvgIpc) is 3.50. The van der Waals surface area contributed by atoms with Crippen LogP contribution >= 0.6 is 15.6 Å². The number of hydrogen-bond acceptors (Lipinski definition) is 7. The monoisotopic (exact) mass is 719 g/mol. The molecule has 1 rings (SSSR count). The smallest absolute Gasteiger partial charge is 0.271 e. The molecule has 9 heteroatoms. The standard InChI is InChI=1S/C40H68O7P2/c1-31(2)17-11-19-33(5)21-13-23-35(7)25-15-26-37(9)29-38-39(30-46-49(44,45)47-48(41,42)43)40(38,10)28-16-27-36(8)24-14-22-34(6)20-12-18-32(3)4/h17-18,21-22,25,27,29,38-39H,11-16,19-20,23-24,26,28,30H2,1-10H3,(H,44,45)(H2,41,42,43)/p-3/b33-21+,34-22+,35-25+,36-27+,37-29+/t38-,39-,40-/m1/s1. The van der Waals surface area contributed by atoms with E-state index in [1.54, 1.807) is 0 Å². The first kappa shape index (κ1) is 45.5. The van der Waals surface area contributed by atoms with Gasteiger partial charge in [-0.3, -0.25) is 8.88 Å². The summed E-state index contributed by atoms with van der Waals surface area (Å²) in [5.74, 6) is -0.0708. The highest BCUT2D eigenvalue weighted by atomic mass is 31.3. The quantitative estimate of drug-likeness (QED) is 0.0718. The summed E-state index contributed by atoms with van der Waals surface area (Å²) in [6, 6.07) is 0. The molecule has 0 aromatic heterocycles. The molecule has 1 saturated carbocycles. The SMILES string of the molecule is CC(C)=CCC/C(C)=C/CC/C(C)=C/CC/C(C)=C/[C@@H]1[C@@H](COP(=O)([O-])OP(=O)([O-])[O-])[C@]1(C)CC/C=C(\C)CC/C=C(\C)CCC=C(C)C. The molecule has 0 bridgehead atoms. The van der Waals surface area contributed by atoms with Gasteiger partial charge in [0.2, 0.25) is 0 Å². The fourth-order valence-corrected chi connectivity index (χ4v) is 7.72. The van der Waals surface area contributed by atoms with Crippen LogP contribution < -0.4 is 14.7 Å². The molecule has 0 aromatic carbocycles. The van der Waals surface area contributed by atoms with Crippen LogP contribution in [0.15, 0.2) is 81.5 Å². The highest BCUT2D eigenvalue weighted by Crippen LogP contribution is 2.64. The van der Waals surface area contributed by atoms with Crippen LogP contribution in [0.25, 0.3) is 0 Å². The average molecular weight is 720 g/mol. The maximum absolute atomic E-state index is 12.0. The lowest BCUT2D eigenvalue weighted by atomic mass is 9.95. The van der Waals surface area contributed by atoms with Crippen molar-refractivity contribution in [1.82, 2.24) is 0 Å². The van der Waals surface area contributed by atoms with Crippen LogP contribution in [0.3, 0.4) is 0 Å². The predicted molar refractivity (Wildman–Crippen MR) is 200 cm³/mol. The predicted octanol–water partition coefficient (Wildman–Crippen LogP) is 10.9. The zero-order chi connectivity index (χ0) is 37.3. The van der Waals surface area contributed by atoms with E-state index in [-0.39, 0.29) is 23.9 Å². The van der Waals surface area contributed by atoms with Crippen molar-refractivity contribution in [3.05, 3.63) is 81.5 Å². The molecule has 1 aliphatic carbocycles. The van der Waals surface area contributed by atoms with Crippen molar-refractivity contribution in [2.24, 2.45) is 17.3 Å². The van der Waals surface area contributed by atoms with E-state index in [0.29, 0.717) is 0 Å². The molecular weight excluding hydrogens is 654 g/mol. The molecule has 49 heavy (non-hydrogen) atoms. The van der Waals surface area contributed by atoms with Gasteiger partial charge in [0.25, 0.3) is 7.82 Å². The summed E-state index contributed by atoms with van der Waals surface area (Å²) in [4.78, 5) is 33.8. The van der Waals surface area contributed by atoms with Gasteiger partial charge in [-0.2, -0.15) is 0 Å². The van der Waals surface area contributed by atoms with Crippen molar-refractivity contribution in [2.75, 3.05) is 6.61 Å². The Bertz CT molecular complexity index is 1350.